The Morgan fingerprint density at radius 3 is 2.03 bits per heavy atom. The van der Waals surface area contributed by atoms with Gasteiger partial charge in [0.25, 0.3) is 0 Å². The fourth-order valence-corrected chi connectivity index (χ4v) is 5.18. The zero-order chi connectivity index (χ0) is 23.2. The number of nitrogens with one attached hydrogen (secondary N) is 1. The quantitative estimate of drug-likeness (QED) is 0.372. The Hall–Kier alpha value is -1.81. The fourth-order valence-electron chi connectivity index (χ4n) is 3.21. The SMILES string of the molecule is COC(=O)CC(C)(N[S@+]([O-])C(C)(C)C)c1ccc2sc3ccc(C(F)(F)F)cc3c2c1. The van der Waals surface area contributed by atoms with Crippen LogP contribution in [0, 0.1) is 0 Å². The number of alkyl halides is 3. The molecule has 4 nitrogen and oxygen atoms in total. The number of hydrogen-bond donors (Lipinski definition) is 1. The van der Waals surface area contributed by atoms with Crippen molar-refractivity contribution in [1.82, 2.24) is 4.72 Å². The second-order valence-corrected chi connectivity index (χ2v) is 11.6. The maximum absolute atomic E-state index is 13.2. The zero-order valence-corrected chi connectivity index (χ0v) is 19.5. The van der Waals surface area contributed by atoms with E-state index in [9.17, 15) is 22.5 Å². The molecule has 31 heavy (non-hydrogen) atoms. The highest BCUT2D eigenvalue weighted by Gasteiger charge is 2.39. The van der Waals surface area contributed by atoms with Gasteiger partial charge < -0.3 is 9.29 Å². The summed E-state index contributed by atoms with van der Waals surface area (Å²) in [5.41, 5.74) is -1.12. The van der Waals surface area contributed by atoms with Gasteiger partial charge in [-0.1, -0.05) is 6.07 Å². The molecule has 0 saturated heterocycles. The summed E-state index contributed by atoms with van der Waals surface area (Å²) < 4.78 is 61.4. The van der Waals surface area contributed by atoms with Crippen molar-refractivity contribution in [2.75, 3.05) is 7.11 Å². The second kappa shape index (κ2) is 8.27. The first-order chi connectivity index (χ1) is 14.2. The molecule has 2 aromatic carbocycles. The summed E-state index contributed by atoms with van der Waals surface area (Å²) in [6, 6.07) is 9.09. The molecule has 0 fully saturated rings. The number of benzene rings is 2. The molecule has 168 valence electrons. The molecule has 1 unspecified atom stereocenters. The predicted molar refractivity (Wildman–Crippen MR) is 119 cm³/mol. The van der Waals surface area contributed by atoms with Crippen molar-refractivity contribution in [2.45, 2.75) is 50.6 Å². The second-order valence-electron chi connectivity index (χ2n) is 8.59. The molecule has 0 radical (unpaired) electrons. The van der Waals surface area contributed by atoms with Gasteiger partial charge >= 0.3 is 12.1 Å². The third-order valence-electron chi connectivity index (χ3n) is 5.03. The molecule has 2 atom stereocenters. The van der Waals surface area contributed by atoms with Gasteiger partial charge in [0.2, 0.25) is 0 Å². The number of fused-ring (bicyclic) bond motifs is 3. The number of carbonyl (C=O) groups is 1. The summed E-state index contributed by atoms with van der Waals surface area (Å²) in [7, 11) is 1.28. The smallest absolute Gasteiger partial charge is 0.416 e. The molecule has 1 N–H and O–H groups in total. The van der Waals surface area contributed by atoms with Gasteiger partial charge in [0, 0.05) is 31.5 Å². The molecule has 9 heteroatoms. The minimum Gasteiger partial charge on any atom is -0.598 e. The first-order valence-electron chi connectivity index (χ1n) is 9.55. The van der Waals surface area contributed by atoms with Crippen LogP contribution >= 0.6 is 11.3 Å². The first-order valence-corrected chi connectivity index (χ1v) is 11.5. The number of halogens is 3. The average molecular weight is 472 g/mol. The molecular weight excluding hydrogens is 447 g/mol. The molecule has 1 heterocycles. The van der Waals surface area contributed by atoms with E-state index >= 15 is 0 Å². The normalized spacial score (nSPS) is 15.8. The van der Waals surface area contributed by atoms with Crippen LogP contribution in [0.15, 0.2) is 36.4 Å². The zero-order valence-electron chi connectivity index (χ0n) is 17.8. The topological polar surface area (TPSA) is 61.4 Å². The van der Waals surface area contributed by atoms with Gasteiger partial charge in [-0.15, -0.1) is 16.1 Å². The van der Waals surface area contributed by atoms with Crippen molar-refractivity contribution in [3.8, 4) is 0 Å². The summed E-state index contributed by atoms with van der Waals surface area (Å²) in [6.45, 7) is 7.17. The third kappa shape index (κ3) is 5.00. The van der Waals surface area contributed by atoms with Crippen LogP contribution in [0.4, 0.5) is 13.2 Å². The van der Waals surface area contributed by atoms with E-state index in [1.807, 2.05) is 26.8 Å². The Balaban J connectivity index is 2.16. The van der Waals surface area contributed by atoms with Crippen molar-refractivity contribution in [1.29, 1.82) is 0 Å². The van der Waals surface area contributed by atoms with Crippen LogP contribution in [0.2, 0.25) is 0 Å². The minimum atomic E-state index is -4.44. The Bertz CT molecular complexity index is 1120. The summed E-state index contributed by atoms with van der Waals surface area (Å²) in [5.74, 6) is -0.490. The number of ether oxygens (including phenoxy) is 1. The lowest BCUT2D eigenvalue weighted by atomic mass is 9.89. The van der Waals surface area contributed by atoms with Crippen LogP contribution in [0.1, 0.15) is 45.2 Å². The lowest BCUT2D eigenvalue weighted by molar-refractivity contribution is -0.142. The van der Waals surface area contributed by atoms with Crippen LogP contribution in [-0.2, 0) is 32.6 Å². The van der Waals surface area contributed by atoms with Crippen LogP contribution < -0.4 is 4.72 Å². The third-order valence-corrected chi connectivity index (χ3v) is 7.93. The lowest BCUT2D eigenvalue weighted by Gasteiger charge is -2.34. The van der Waals surface area contributed by atoms with Crippen molar-refractivity contribution < 1.29 is 27.3 Å². The molecule has 0 aliphatic rings. The first kappa shape index (κ1) is 23.8. The lowest BCUT2D eigenvalue weighted by Crippen LogP contribution is -2.50. The van der Waals surface area contributed by atoms with Gasteiger partial charge in [-0.05, 0) is 63.6 Å². The van der Waals surface area contributed by atoms with Gasteiger partial charge in [0.05, 0.1) is 24.6 Å². The highest BCUT2D eigenvalue weighted by atomic mass is 32.2. The predicted octanol–water partition coefficient (Wildman–Crippen LogP) is 5.90. The number of rotatable bonds is 5. The number of esters is 1. The van der Waals surface area contributed by atoms with Gasteiger partial charge in [0.15, 0.2) is 0 Å². The van der Waals surface area contributed by atoms with E-state index in [0.717, 1.165) is 21.5 Å². The standard InChI is InChI=1S/C22H24F3NO3S2/c1-20(2,3)31(28)26-21(4,12-19(27)29-5)13-6-8-17-15(10-13)16-11-14(22(23,24)25)7-9-18(16)30-17/h6-11,26H,12H2,1-5H3/t21?,31-/m1/s1. The molecule has 3 aromatic rings. The Morgan fingerprint density at radius 1 is 1.03 bits per heavy atom. The number of methoxy groups -OCH3 is 1. The molecular formula is C22H24F3NO3S2. The van der Waals surface area contributed by atoms with E-state index in [1.54, 1.807) is 19.1 Å². The summed E-state index contributed by atoms with van der Waals surface area (Å²) in [5, 5.41) is 1.15. The van der Waals surface area contributed by atoms with Gasteiger partial charge in [-0.2, -0.15) is 13.2 Å². The van der Waals surface area contributed by atoms with E-state index < -0.39 is 39.4 Å². The van der Waals surface area contributed by atoms with Crippen molar-refractivity contribution in [3.05, 3.63) is 47.5 Å². The van der Waals surface area contributed by atoms with Crippen LogP contribution in [0.5, 0.6) is 0 Å². The Kier molecular flexibility index (Phi) is 6.36. The number of hydrogen-bond acceptors (Lipinski definition) is 5. The van der Waals surface area contributed by atoms with Crippen molar-refractivity contribution in [3.63, 3.8) is 0 Å². The van der Waals surface area contributed by atoms with Gasteiger partial charge in [-0.25, -0.2) is 0 Å². The number of carbonyl (C=O) groups excluding carboxylic acids is 1. The van der Waals surface area contributed by atoms with E-state index in [4.69, 9.17) is 4.74 Å². The maximum Gasteiger partial charge on any atom is 0.416 e. The fraction of sp³-hybridized carbons (Fsp3) is 0.409. The van der Waals surface area contributed by atoms with Crippen LogP contribution in [-0.4, -0.2) is 22.4 Å². The molecule has 0 aliphatic carbocycles. The van der Waals surface area contributed by atoms with E-state index in [-0.39, 0.29) is 6.42 Å². The molecule has 3 rings (SSSR count). The maximum atomic E-state index is 13.2. The van der Waals surface area contributed by atoms with E-state index in [1.165, 1.54) is 24.5 Å². The van der Waals surface area contributed by atoms with Crippen LogP contribution in [0.3, 0.4) is 0 Å². The number of thiophene rings is 1. The Morgan fingerprint density at radius 2 is 1.55 bits per heavy atom. The van der Waals surface area contributed by atoms with Gasteiger partial charge in [-0.3, -0.25) is 4.79 Å². The molecule has 0 bridgehead atoms. The highest BCUT2D eigenvalue weighted by molar-refractivity contribution is 7.90. The summed E-state index contributed by atoms with van der Waals surface area (Å²) in [4.78, 5) is 12.1. The molecule has 0 aliphatic heterocycles. The monoisotopic (exact) mass is 471 g/mol. The van der Waals surface area contributed by atoms with Crippen molar-refractivity contribution >= 4 is 48.8 Å². The molecule has 0 spiro atoms. The van der Waals surface area contributed by atoms with E-state index in [2.05, 4.69) is 4.72 Å². The molecule has 0 saturated carbocycles. The highest BCUT2D eigenvalue weighted by Crippen LogP contribution is 2.40. The van der Waals surface area contributed by atoms with E-state index in [0.29, 0.717) is 16.3 Å². The summed E-state index contributed by atoms with van der Waals surface area (Å²) in [6.07, 6.45) is -4.53. The van der Waals surface area contributed by atoms with Crippen LogP contribution in [0.25, 0.3) is 20.2 Å². The van der Waals surface area contributed by atoms with Gasteiger partial charge in [0.1, 0.15) is 4.75 Å². The minimum absolute atomic E-state index is 0.0906. The molecule has 1 aromatic heterocycles. The largest absolute Gasteiger partial charge is 0.598 e. The Labute approximate surface area is 186 Å². The van der Waals surface area contributed by atoms with Crippen molar-refractivity contribution in [2.24, 2.45) is 0 Å². The average Bonchev–Trinajstić information content (AvgIpc) is 3.03. The molecule has 0 amide bonds. The summed E-state index contributed by atoms with van der Waals surface area (Å²) >= 11 is -0.0987.